The second-order valence-electron chi connectivity index (χ2n) is 9.09. The van der Waals surface area contributed by atoms with Gasteiger partial charge in [0, 0.05) is 16.6 Å². The maximum absolute atomic E-state index is 6.42. The summed E-state index contributed by atoms with van der Waals surface area (Å²) in [6, 6.07) is 9.87. The molecule has 1 saturated heterocycles. The average molecular weight is 401 g/mol. The van der Waals surface area contributed by atoms with Crippen LogP contribution in [0.1, 0.15) is 47.0 Å². The zero-order valence-electron chi connectivity index (χ0n) is 17.0. The maximum Gasteiger partial charge on any atom is 0.229 e. The largest absolute Gasteiger partial charge is 0.374 e. The first kappa shape index (κ1) is 19.5. The number of hydrogen-bond donors (Lipinski definition) is 2. The number of rotatable bonds is 6. The van der Waals surface area contributed by atoms with Crippen LogP contribution in [0.25, 0.3) is 0 Å². The number of benzene rings is 1. The normalized spacial score (nSPS) is 24.4. The Hall–Kier alpha value is -1.85. The molecule has 2 aliphatic rings. The smallest absolute Gasteiger partial charge is 0.229 e. The van der Waals surface area contributed by atoms with E-state index >= 15 is 0 Å². The van der Waals surface area contributed by atoms with Gasteiger partial charge in [-0.15, -0.1) is 0 Å². The fourth-order valence-electron chi connectivity index (χ4n) is 3.89. The van der Waals surface area contributed by atoms with E-state index in [9.17, 15) is 0 Å². The zero-order valence-corrected chi connectivity index (χ0v) is 17.8. The number of nitrogens with zero attached hydrogens (tertiary/aromatic N) is 2. The molecular formula is C22H29ClN4O. The minimum absolute atomic E-state index is 0.0954. The van der Waals surface area contributed by atoms with Gasteiger partial charge in [0.2, 0.25) is 5.95 Å². The van der Waals surface area contributed by atoms with Crippen molar-refractivity contribution >= 4 is 29.1 Å². The van der Waals surface area contributed by atoms with Gasteiger partial charge in [-0.2, -0.15) is 4.98 Å². The van der Waals surface area contributed by atoms with Gasteiger partial charge in [0.1, 0.15) is 5.02 Å². The van der Waals surface area contributed by atoms with Gasteiger partial charge >= 0.3 is 0 Å². The van der Waals surface area contributed by atoms with Crippen molar-refractivity contribution in [3.05, 3.63) is 41.6 Å². The van der Waals surface area contributed by atoms with Gasteiger partial charge in [-0.25, -0.2) is 4.98 Å². The number of ether oxygens (including phenoxy) is 1. The lowest BCUT2D eigenvalue weighted by molar-refractivity contribution is -0.0846. The Kier molecular flexibility index (Phi) is 5.00. The molecule has 4 rings (SSSR count). The molecule has 0 radical (unpaired) electrons. The predicted molar refractivity (Wildman–Crippen MR) is 114 cm³/mol. The second-order valence-corrected chi connectivity index (χ2v) is 9.50. The van der Waals surface area contributed by atoms with Crippen molar-refractivity contribution in [2.75, 3.05) is 10.6 Å². The molecule has 3 atom stereocenters. The Morgan fingerprint density at radius 1 is 1.11 bits per heavy atom. The molecule has 1 aliphatic carbocycles. The molecule has 1 aliphatic heterocycles. The maximum atomic E-state index is 6.42. The number of hydrogen-bond acceptors (Lipinski definition) is 5. The third-order valence-electron chi connectivity index (χ3n) is 6.62. The summed E-state index contributed by atoms with van der Waals surface area (Å²) in [6.07, 6.45) is 5.94. The van der Waals surface area contributed by atoms with Crippen LogP contribution < -0.4 is 10.6 Å². The highest BCUT2D eigenvalue weighted by molar-refractivity contribution is 6.32. The van der Waals surface area contributed by atoms with Gasteiger partial charge < -0.3 is 15.4 Å². The number of fused-ring (bicyclic) bond motifs is 1. The van der Waals surface area contributed by atoms with E-state index in [2.05, 4.69) is 48.3 Å². The molecule has 0 bridgehead atoms. The van der Waals surface area contributed by atoms with Crippen LogP contribution in [0.4, 0.5) is 17.5 Å². The number of nitrogens with one attached hydrogen (secondary N) is 2. The summed E-state index contributed by atoms with van der Waals surface area (Å²) in [5.41, 5.74) is 0.563. The molecule has 0 amide bonds. The number of para-hydroxylation sites is 1. The highest BCUT2D eigenvalue weighted by atomic mass is 35.5. The van der Waals surface area contributed by atoms with E-state index in [1.165, 1.54) is 12.8 Å². The third-order valence-corrected chi connectivity index (χ3v) is 6.89. The average Bonchev–Trinajstić information content (AvgIpc) is 3.44. The third kappa shape index (κ3) is 3.83. The van der Waals surface area contributed by atoms with Crippen LogP contribution in [0.15, 0.2) is 36.5 Å². The van der Waals surface area contributed by atoms with Crippen molar-refractivity contribution in [3.8, 4) is 0 Å². The van der Waals surface area contributed by atoms with Gasteiger partial charge in [-0.3, -0.25) is 0 Å². The van der Waals surface area contributed by atoms with Crippen molar-refractivity contribution < 1.29 is 4.74 Å². The molecule has 5 nitrogen and oxygen atoms in total. The molecule has 2 N–H and O–H groups in total. The van der Waals surface area contributed by atoms with Gasteiger partial charge in [-0.1, -0.05) is 43.6 Å². The van der Waals surface area contributed by atoms with Gasteiger partial charge in [-0.05, 0) is 51.2 Å². The van der Waals surface area contributed by atoms with Crippen molar-refractivity contribution in [1.82, 2.24) is 9.97 Å². The monoisotopic (exact) mass is 400 g/mol. The number of aromatic nitrogens is 2. The zero-order chi connectivity index (χ0) is 19.9. The van der Waals surface area contributed by atoms with Crippen molar-refractivity contribution in [2.24, 2.45) is 11.3 Å². The topological polar surface area (TPSA) is 59.1 Å². The quantitative estimate of drug-likeness (QED) is 0.655. The van der Waals surface area contributed by atoms with Gasteiger partial charge in [0.15, 0.2) is 5.82 Å². The van der Waals surface area contributed by atoms with Crippen LogP contribution >= 0.6 is 11.6 Å². The Morgan fingerprint density at radius 3 is 2.57 bits per heavy atom. The second kappa shape index (κ2) is 7.20. The fraction of sp³-hybridized carbons (Fsp3) is 0.545. The van der Waals surface area contributed by atoms with E-state index in [4.69, 9.17) is 16.3 Å². The molecule has 6 heteroatoms. The van der Waals surface area contributed by atoms with E-state index in [0.717, 1.165) is 18.0 Å². The van der Waals surface area contributed by atoms with Crippen LogP contribution in [0.2, 0.25) is 5.02 Å². The fourth-order valence-corrected chi connectivity index (χ4v) is 4.03. The van der Waals surface area contributed by atoms with Crippen LogP contribution in [-0.4, -0.2) is 27.7 Å². The molecule has 1 unspecified atom stereocenters. The van der Waals surface area contributed by atoms with Crippen molar-refractivity contribution in [2.45, 2.75) is 64.7 Å². The molecular weight excluding hydrogens is 372 g/mol. The SMILES string of the molecule is CC(C)(Nc1nc(Nc2ccccc2)ncc1Cl)C(C)(C)[C@H]1CCC2C[C@@H]2O1. The molecule has 1 aromatic heterocycles. The molecule has 2 fully saturated rings. The molecule has 1 aromatic carbocycles. The molecule has 2 aromatic rings. The van der Waals surface area contributed by atoms with E-state index in [0.29, 0.717) is 22.9 Å². The molecule has 0 spiro atoms. The Labute approximate surface area is 172 Å². The van der Waals surface area contributed by atoms with Crippen molar-refractivity contribution in [1.29, 1.82) is 0 Å². The Morgan fingerprint density at radius 2 is 1.86 bits per heavy atom. The minimum Gasteiger partial charge on any atom is -0.374 e. The molecule has 2 heterocycles. The summed E-state index contributed by atoms with van der Waals surface area (Å²) >= 11 is 6.42. The number of halogens is 1. The first-order chi connectivity index (χ1) is 13.3. The molecule has 28 heavy (non-hydrogen) atoms. The summed E-state index contributed by atoms with van der Waals surface area (Å²) in [4.78, 5) is 8.94. The summed E-state index contributed by atoms with van der Waals surface area (Å²) in [5, 5.41) is 7.31. The van der Waals surface area contributed by atoms with E-state index < -0.39 is 0 Å². The van der Waals surface area contributed by atoms with Crippen LogP contribution in [0.5, 0.6) is 0 Å². The van der Waals surface area contributed by atoms with Crippen molar-refractivity contribution in [3.63, 3.8) is 0 Å². The van der Waals surface area contributed by atoms with E-state index in [1.54, 1.807) is 6.20 Å². The first-order valence-corrected chi connectivity index (χ1v) is 10.4. The van der Waals surface area contributed by atoms with Gasteiger partial charge in [0.25, 0.3) is 0 Å². The number of anilines is 3. The van der Waals surface area contributed by atoms with Crippen LogP contribution in [0, 0.1) is 11.3 Å². The highest BCUT2D eigenvalue weighted by Crippen LogP contribution is 2.50. The summed E-state index contributed by atoms with van der Waals surface area (Å²) in [7, 11) is 0. The van der Waals surface area contributed by atoms with Gasteiger partial charge in [0.05, 0.1) is 18.4 Å². The Balaban J connectivity index is 1.52. The van der Waals surface area contributed by atoms with Crippen LogP contribution in [-0.2, 0) is 4.74 Å². The lowest BCUT2D eigenvalue weighted by Crippen LogP contribution is -2.54. The van der Waals surface area contributed by atoms with E-state index in [-0.39, 0.29) is 17.1 Å². The minimum atomic E-state index is -0.276. The molecule has 150 valence electrons. The Bertz CT molecular complexity index is 840. The predicted octanol–water partition coefficient (Wildman–Crippen LogP) is 5.66. The van der Waals surface area contributed by atoms with E-state index in [1.807, 2.05) is 30.3 Å². The molecule has 1 saturated carbocycles. The lowest BCUT2D eigenvalue weighted by Gasteiger charge is -2.48. The first-order valence-electron chi connectivity index (χ1n) is 10.0. The summed E-state index contributed by atoms with van der Waals surface area (Å²) in [5.74, 6) is 1.95. The standard InChI is InChI=1S/C22H29ClN4O/c1-21(2,18-11-10-14-12-17(14)28-18)22(3,4)27-19-16(23)13-24-20(26-19)25-15-8-6-5-7-9-15/h5-9,13-14,17-18H,10-12H2,1-4H3,(H2,24,25,26,27)/t14?,17-,18+/m0/s1. The summed E-state index contributed by atoms with van der Waals surface area (Å²) in [6.45, 7) is 8.92. The summed E-state index contributed by atoms with van der Waals surface area (Å²) < 4.78 is 6.36. The highest BCUT2D eigenvalue weighted by Gasteiger charge is 2.51. The van der Waals surface area contributed by atoms with Crippen LogP contribution in [0.3, 0.4) is 0 Å². The lowest BCUT2D eigenvalue weighted by atomic mass is 9.68.